The molecular formula is C13H24N4. The highest BCUT2D eigenvalue weighted by Crippen LogP contribution is 2.11. The summed E-state index contributed by atoms with van der Waals surface area (Å²) in [4.78, 5) is 11.0. The molecule has 96 valence electrons. The van der Waals surface area contributed by atoms with E-state index in [0.29, 0.717) is 12.0 Å². The SMILES string of the molecule is CCNc1cnc(CN(C)C(C)C(C)C)cn1. The molecule has 4 heteroatoms. The predicted octanol–water partition coefficient (Wildman–Crippen LogP) is 2.38. The Morgan fingerprint density at radius 2 is 1.94 bits per heavy atom. The second-order valence-corrected chi connectivity index (χ2v) is 4.82. The fourth-order valence-corrected chi connectivity index (χ4v) is 1.62. The monoisotopic (exact) mass is 236 g/mol. The molecule has 0 saturated heterocycles. The fraction of sp³-hybridized carbons (Fsp3) is 0.692. The van der Waals surface area contributed by atoms with Crippen LogP contribution in [0.15, 0.2) is 12.4 Å². The van der Waals surface area contributed by atoms with Gasteiger partial charge in [0.25, 0.3) is 0 Å². The molecule has 4 nitrogen and oxygen atoms in total. The van der Waals surface area contributed by atoms with Crippen molar-refractivity contribution in [2.75, 3.05) is 18.9 Å². The van der Waals surface area contributed by atoms with Gasteiger partial charge in [-0.3, -0.25) is 9.88 Å². The topological polar surface area (TPSA) is 41.1 Å². The van der Waals surface area contributed by atoms with E-state index in [1.54, 1.807) is 6.20 Å². The number of hydrogen-bond donors (Lipinski definition) is 1. The van der Waals surface area contributed by atoms with Gasteiger partial charge in [0.1, 0.15) is 5.82 Å². The molecule has 1 aromatic rings. The summed E-state index contributed by atoms with van der Waals surface area (Å²) in [5, 5.41) is 3.14. The molecular weight excluding hydrogens is 212 g/mol. The molecule has 0 aliphatic heterocycles. The van der Waals surface area contributed by atoms with Crippen LogP contribution in [0.25, 0.3) is 0 Å². The van der Waals surface area contributed by atoms with Gasteiger partial charge in [-0.1, -0.05) is 13.8 Å². The minimum absolute atomic E-state index is 0.547. The highest BCUT2D eigenvalue weighted by Gasteiger charge is 2.13. The van der Waals surface area contributed by atoms with Crippen LogP contribution in [0.5, 0.6) is 0 Å². The van der Waals surface area contributed by atoms with Gasteiger partial charge in [0.2, 0.25) is 0 Å². The third-order valence-corrected chi connectivity index (χ3v) is 3.13. The van der Waals surface area contributed by atoms with Crippen molar-refractivity contribution in [1.82, 2.24) is 14.9 Å². The first kappa shape index (κ1) is 13.9. The van der Waals surface area contributed by atoms with E-state index in [0.717, 1.165) is 24.6 Å². The summed E-state index contributed by atoms with van der Waals surface area (Å²) in [5.41, 5.74) is 1.02. The van der Waals surface area contributed by atoms with E-state index in [1.165, 1.54) is 0 Å². The van der Waals surface area contributed by atoms with Crippen LogP contribution >= 0.6 is 0 Å². The Balaban J connectivity index is 2.56. The van der Waals surface area contributed by atoms with Crippen molar-refractivity contribution in [2.24, 2.45) is 5.92 Å². The van der Waals surface area contributed by atoms with Crippen molar-refractivity contribution < 1.29 is 0 Å². The van der Waals surface area contributed by atoms with Crippen LogP contribution in [0.2, 0.25) is 0 Å². The van der Waals surface area contributed by atoms with Crippen molar-refractivity contribution in [3.63, 3.8) is 0 Å². The van der Waals surface area contributed by atoms with E-state index >= 15 is 0 Å². The average molecular weight is 236 g/mol. The molecule has 1 unspecified atom stereocenters. The Kier molecular flexibility index (Phi) is 5.35. The molecule has 0 radical (unpaired) electrons. The number of nitrogens with zero attached hydrogens (tertiary/aromatic N) is 3. The largest absolute Gasteiger partial charge is 0.369 e. The van der Waals surface area contributed by atoms with E-state index in [2.05, 4.69) is 48.0 Å². The summed E-state index contributed by atoms with van der Waals surface area (Å²) >= 11 is 0. The van der Waals surface area contributed by atoms with Crippen LogP contribution < -0.4 is 5.32 Å². The summed E-state index contributed by atoms with van der Waals surface area (Å²) in [5.74, 6) is 1.49. The van der Waals surface area contributed by atoms with Gasteiger partial charge >= 0.3 is 0 Å². The molecule has 0 fully saturated rings. The van der Waals surface area contributed by atoms with Gasteiger partial charge in [-0.15, -0.1) is 0 Å². The standard InChI is InChI=1S/C13H24N4/c1-6-14-13-8-15-12(7-16-13)9-17(5)11(4)10(2)3/h7-8,10-11H,6,9H2,1-5H3,(H,14,16). The number of rotatable bonds is 6. The van der Waals surface area contributed by atoms with Crippen molar-refractivity contribution in [2.45, 2.75) is 40.3 Å². The number of nitrogens with one attached hydrogen (secondary N) is 1. The summed E-state index contributed by atoms with van der Waals surface area (Å²) in [6.45, 7) is 10.5. The Morgan fingerprint density at radius 1 is 1.24 bits per heavy atom. The molecule has 0 aliphatic rings. The number of aromatic nitrogens is 2. The lowest BCUT2D eigenvalue weighted by Crippen LogP contribution is -2.33. The maximum absolute atomic E-state index is 4.41. The molecule has 0 spiro atoms. The molecule has 0 saturated carbocycles. The first-order valence-corrected chi connectivity index (χ1v) is 6.29. The van der Waals surface area contributed by atoms with Crippen molar-refractivity contribution in [3.8, 4) is 0 Å². The Morgan fingerprint density at radius 3 is 2.41 bits per heavy atom. The van der Waals surface area contributed by atoms with E-state index in [4.69, 9.17) is 0 Å². The van der Waals surface area contributed by atoms with Crippen LogP contribution in [-0.4, -0.2) is 34.5 Å². The molecule has 0 amide bonds. The van der Waals surface area contributed by atoms with E-state index in [1.807, 2.05) is 13.1 Å². The minimum Gasteiger partial charge on any atom is -0.369 e. The zero-order chi connectivity index (χ0) is 12.8. The summed E-state index contributed by atoms with van der Waals surface area (Å²) in [7, 11) is 2.13. The molecule has 1 rings (SSSR count). The average Bonchev–Trinajstić information content (AvgIpc) is 2.30. The number of anilines is 1. The molecule has 1 atom stereocenters. The van der Waals surface area contributed by atoms with Crippen LogP contribution in [0.1, 0.15) is 33.4 Å². The summed E-state index contributed by atoms with van der Waals surface area (Å²) in [6, 6.07) is 0.547. The van der Waals surface area contributed by atoms with Crippen LogP contribution in [-0.2, 0) is 6.54 Å². The van der Waals surface area contributed by atoms with Crippen molar-refractivity contribution in [3.05, 3.63) is 18.1 Å². The van der Waals surface area contributed by atoms with Gasteiger partial charge < -0.3 is 5.32 Å². The third kappa shape index (κ3) is 4.30. The molecule has 0 aliphatic carbocycles. The Hall–Kier alpha value is -1.16. The highest BCUT2D eigenvalue weighted by molar-refractivity contribution is 5.30. The van der Waals surface area contributed by atoms with Gasteiger partial charge in [-0.25, -0.2) is 4.98 Å². The molecule has 0 bridgehead atoms. The normalized spacial score (nSPS) is 13.1. The van der Waals surface area contributed by atoms with Gasteiger partial charge in [0, 0.05) is 19.1 Å². The Labute approximate surface area is 104 Å². The highest BCUT2D eigenvalue weighted by atomic mass is 15.1. The lowest BCUT2D eigenvalue weighted by atomic mass is 10.1. The zero-order valence-electron chi connectivity index (χ0n) is 11.6. The first-order valence-electron chi connectivity index (χ1n) is 6.29. The third-order valence-electron chi connectivity index (χ3n) is 3.13. The maximum atomic E-state index is 4.41. The smallest absolute Gasteiger partial charge is 0.144 e. The Bertz CT molecular complexity index is 321. The second kappa shape index (κ2) is 6.55. The molecule has 17 heavy (non-hydrogen) atoms. The van der Waals surface area contributed by atoms with Crippen molar-refractivity contribution >= 4 is 5.82 Å². The van der Waals surface area contributed by atoms with Gasteiger partial charge in [-0.2, -0.15) is 0 Å². The van der Waals surface area contributed by atoms with Crippen LogP contribution in [0, 0.1) is 5.92 Å². The van der Waals surface area contributed by atoms with Crippen LogP contribution in [0.4, 0.5) is 5.82 Å². The van der Waals surface area contributed by atoms with Gasteiger partial charge in [0.15, 0.2) is 0 Å². The molecule has 1 aromatic heterocycles. The predicted molar refractivity (Wildman–Crippen MR) is 72.0 cm³/mol. The lowest BCUT2D eigenvalue weighted by molar-refractivity contribution is 0.198. The van der Waals surface area contributed by atoms with E-state index in [-0.39, 0.29) is 0 Å². The maximum Gasteiger partial charge on any atom is 0.144 e. The first-order chi connectivity index (χ1) is 8.04. The molecule has 1 heterocycles. The summed E-state index contributed by atoms with van der Waals surface area (Å²) in [6.07, 6.45) is 3.65. The molecule has 0 aromatic carbocycles. The quantitative estimate of drug-likeness (QED) is 0.823. The second-order valence-electron chi connectivity index (χ2n) is 4.82. The van der Waals surface area contributed by atoms with E-state index < -0.39 is 0 Å². The summed E-state index contributed by atoms with van der Waals surface area (Å²) < 4.78 is 0. The zero-order valence-corrected chi connectivity index (χ0v) is 11.6. The molecule has 1 N–H and O–H groups in total. The fourth-order valence-electron chi connectivity index (χ4n) is 1.62. The van der Waals surface area contributed by atoms with E-state index in [9.17, 15) is 0 Å². The van der Waals surface area contributed by atoms with Gasteiger partial charge in [0.05, 0.1) is 18.1 Å². The lowest BCUT2D eigenvalue weighted by Gasteiger charge is -2.27. The number of hydrogen-bond acceptors (Lipinski definition) is 4. The van der Waals surface area contributed by atoms with Crippen LogP contribution in [0.3, 0.4) is 0 Å². The van der Waals surface area contributed by atoms with Crippen molar-refractivity contribution in [1.29, 1.82) is 0 Å². The van der Waals surface area contributed by atoms with Gasteiger partial charge in [-0.05, 0) is 26.8 Å². The minimum atomic E-state index is 0.547.